The van der Waals surface area contributed by atoms with Crippen LogP contribution in [0.3, 0.4) is 0 Å². The highest BCUT2D eigenvalue weighted by molar-refractivity contribution is 6.31. The SMILES string of the molecule is N#Cc1cc(NCc2cc3ccccc3o2)ccc1Cl. The minimum Gasteiger partial charge on any atom is -0.459 e. The first-order chi connectivity index (χ1) is 9.76. The molecule has 0 atom stereocenters. The van der Waals surface area contributed by atoms with Crippen LogP contribution in [0.1, 0.15) is 11.3 Å². The average Bonchev–Trinajstić information content (AvgIpc) is 2.89. The van der Waals surface area contributed by atoms with E-state index in [1.165, 1.54) is 0 Å². The van der Waals surface area contributed by atoms with E-state index in [-0.39, 0.29) is 0 Å². The highest BCUT2D eigenvalue weighted by Crippen LogP contribution is 2.22. The second kappa shape index (κ2) is 5.28. The molecule has 0 unspecified atom stereocenters. The third-order valence-electron chi connectivity index (χ3n) is 3.03. The first-order valence-electron chi connectivity index (χ1n) is 6.17. The number of hydrogen-bond donors (Lipinski definition) is 1. The Labute approximate surface area is 121 Å². The van der Waals surface area contributed by atoms with E-state index in [1.54, 1.807) is 12.1 Å². The Morgan fingerprint density at radius 1 is 1.15 bits per heavy atom. The van der Waals surface area contributed by atoms with Gasteiger partial charge in [0.1, 0.15) is 17.4 Å². The van der Waals surface area contributed by atoms with Gasteiger partial charge < -0.3 is 9.73 Å². The van der Waals surface area contributed by atoms with Crippen LogP contribution in [-0.2, 0) is 6.54 Å². The third-order valence-corrected chi connectivity index (χ3v) is 3.36. The van der Waals surface area contributed by atoms with Crippen LogP contribution in [0.25, 0.3) is 11.0 Å². The largest absolute Gasteiger partial charge is 0.459 e. The Kier molecular flexibility index (Phi) is 3.32. The zero-order chi connectivity index (χ0) is 13.9. The Morgan fingerprint density at radius 3 is 2.80 bits per heavy atom. The summed E-state index contributed by atoms with van der Waals surface area (Å²) in [5.74, 6) is 0.847. The molecule has 0 aliphatic carbocycles. The van der Waals surface area contributed by atoms with Gasteiger partial charge in [0.05, 0.1) is 17.1 Å². The number of nitrogens with one attached hydrogen (secondary N) is 1. The minimum atomic E-state index is 0.460. The molecule has 0 saturated heterocycles. The predicted octanol–water partition coefficient (Wildman–Crippen LogP) is 4.57. The van der Waals surface area contributed by atoms with Crippen molar-refractivity contribution in [1.29, 1.82) is 5.26 Å². The number of para-hydroxylation sites is 1. The number of fused-ring (bicyclic) bond motifs is 1. The van der Waals surface area contributed by atoms with Crippen LogP contribution in [0.5, 0.6) is 0 Å². The highest BCUT2D eigenvalue weighted by atomic mass is 35.5. The summed E-state index contributed by atoms with van der Waals surface area (Å²) in [6.07, 6.45) is 0. The highest BCUT2D eigenvalue weighted by Gasteiger charge is 2.04. The molecule has 4 heteroatoms. The van der Waals surface area contributed by atoms with Gasteiger partial charge in [0.25, 0.3) is 0 Å². The van der Waals surface area contributed by atoms with Crippen LogP contribution in [0.4, 0.5) is 5.69 Å². The molecule has 1 heterocycles. The van der Waals surface area contributed by atoms with Crippen molar-refractivity contribution >= 4 is 28.3 Å². The summed E-state index contributed by atoms with van der Waals surface area (Å²) >= 11 is 5.90. The number of hydrogen-bond acceptors (Lipinski definition) is 3. The molecule has 0 bridgehead atoms. The van der Waals surface area contributed by atoms with E-state index in [0.29, 0.717) is 17.1 Å². The Hall–Kier alpha value is -2.44. The lowest BCUT2D eigenvalue weighted by Crippen LogP contribution is -1.98. The molecule has 0 amide bonds. The standard InChI is InChI=1S/C16H11ClN2O/c17-15-6-5-13(7-12(15)9-18)19-10-14-8-11-3-1-2-4-16(11)20-14/h1-8,19H,10H2. The zero-order valence-corrected chi connectivity index (χ0v) is 11.3. The van der Waals surface area contributed by atoms with E-state index < -0.39 is 0 Å². The quantitative estimate of drug-likeness (QED) is 0.765. The first kappa shape index (κ1) is 12.6. The molecule has 0 aliphatic heterocycles. The van der Waals surface area contributed by atoms with E-state index in [1.807, 2.05) is 36.4 Å². The average molecular weight is 283 g/mol. The molecule has 0 fully saturated rings. The predicted molar refractivity (Wildman–Crippen MR) is 79.7 cm³/mol. The number of anilines is 1. The zero-order valence-electron chi connectivity index (χ0n) is 10.6. The van der Waals surface area contributed by atoms with Crippen LogP contribution >= 0.6 is 11.6 Å². The Morgan fingerprint density at radius 2 is 2.00 bits per heavy atom. The summed E-state index contributed by atoms with van der Waals surface area (Å²) in [4.78, 5) is 0. The van der Waals surface area contributed by atoms with Gasteiger partial charge in [-0.25, -0.2) is 0 Å². The van der Waals surface area contributed by atoms with Gasteiger partial charge in [-0.1, -0.05) is 29.8 Å². The second-order valence-corrected chi connectivity index (χ2v) is 4.82. The second-order valence-electron chi connectivity index (χ2n) is 4.41. The van der Waals surface area contributed by atoms with Gasteiger partial charge >= 0.3 is 0 Å². The van der Waals surface area contributed by atoms with Crippen LogP contribution in [0.2, 0.25) is 5.02 Å². The number of nitrogens with zero attached hydrogens (tertiary/aromatic N) is 1. The van der Waals surface area contributed by atoms with Gasteiger partial charge in [-0.3, -0.25) is 0 Å². The van der Waals surface area contributed by atoms with Gasteiger partial charge in [0, 0.05) is 11.1 Å². The van der Waals surface area contributed by atoms with E-state index >= 15 is 0 Å². The molecule has 0 aliphatic rings. The van der Waals surface area contributed by atoms with Crippen molar-refractivity contribution < 1.29 is 4.42 Å². The van der Waals surface area contributed by atoms with Crippen LogP contribution in [0, 0.1) is 11.3 Å². The fourth-order valence-electron chi connectivity index (χ4n) is 2.03. The Balaban J connectivity index is 1.77. The van der Waals surface area contributed by atoms with Crippen LogP contribution in [-0.4, -0.2) is 0 Å². The lowest BCUT2D eigenvalue weighted by molar-refractivity contribution is 0.559. The van der Waals surface area contributed by atoms with Gasteiger partial charge in [-0.15, -0.1) is 0 Å². The van der Waals surface area contributed by atoms with Crippen LogP contribution < -0.4 is 5.32 Å². The fourth-order valence-corrected chi connectivity index (χ4v) is 2.19. The van der Waals surface area contributed by atoms with Crippen molar-refractivity contribution in [2.75, 3.05) is 5.32 Å². The van der Waals surface area contributed by atoms with E-state index in [0.717, 1.165) is 22.4 Å². The lowest BCUT2D eigenvalue weighted by Gasteiger charge is -2.05. The van der Waals surface area contributed by atoms with Crippen molar-refractivity contribution in [1.82, 2.24) is 0 Å². The number of benzene rings is 2. The molecule has 0 saturated carbocycles. The van der Waals surface area contributed by atoms with Gasteiger partial charge in [-0.2, -0.15) is 5.26 Å². The van der Waals surface area contributed by atoms with Crippen molar-refractivity contribution in [3.63, 3.8) is 0 Å². The fraction of sp³-hybridized carbons (Fsp3) is 0.0625. The van der Waals surface area contributed by atoms with Crippen molar-refractivity contribution in [3.8, 4) is 6.07 Å². The normalized spacial score (nSPS) is 10.4. The number of furan rings is 1. The van der Waals surface area contributed by atoms with Gasteiger partial charge in [0.15, 0.2) is 0 Å². The summed E-state index contributed by atoms with van der Waals surface area (Å²) in [5, 5.41) is 13.7. The van der Waals surface area contributed by atoms with Crippen molar-refractivity contribution in [2.24, 2.45) is 0 Å². The third kappa shape index (κ3) is 2.47. The Bertz CT molecular complexity index is 769. The summed E-state index contributed by atoms with van der Waals surface area (Å²) < 4.78 is 5.72. The molecule has 3 rings (SSSR count). The maximum atomic E-state index is 8.94. The smallest absolute Gasteiger partial charge is 0.134 e. The van der Waals surface area contributed by atoms with Crippen LogP contribution in [0.15, 0.2) is 52.9 Å². The molecule has 3 aromatic rings. The summed E-state index contributed by atoms with van der Waals surface area (Å²) in [5.41, 5.74) is 2.17. The molecular weight excluding hydrogens is 272 g/mol. The van der Waals surface area contributed by atoms with Gasteiger partial charge in [0.2, 0.25) is 0 Å². The monoisotopic (exact) mass is 282 g/mol. The van der Waals surface area contributed by atoms with E-state index in [2.05, 4.69) is 11.4 Å². The molecule has 2 aromatic carbocycles. The molecular formula is C16H11ClN2O. The molecule has 1 aromatic heterocycles. The maximum Gasteiger partial charge on any atom is 0.134 e. The number of halogens is 1. The minimum absolute atomic E-state index is 0.460. The van der Waals surface area contributed by atoms with E-state index in [9.17, 15) is 0 Å². The van der Waals surface area contributed by atoms with Crippen molar-refractivity contribution in [3.05, 3.63) is 64.9 Å². The van der Waals surface area contributed by atoms with Gasteiger partial charge in [-0.05, 0) is 30.3 Å². The topological polar surface area (TPSA) is 49.0 Å². The summed E-state index contributed by atoms with van der Waals surface area (Å²) in [6, 6.07) is 17.2. The van der Waals surface area contributed by atoms with Crippen molar-refractivity contribution in [2.45, 2.75) is 6.54 Å². The number of rotatable bonds is 3. The molecule has 98 valence electrons. The maximum absolute atomic E-state index is 8.94. The lowest BCUT2D eigenvalue weighted by atomic mass is 10.2. The molecule has 20 heavy (non-hydrogen) atoms. The molecule has 3 nitrogen and oxygen atoms in total. The van der Waals surface area contributed by atoms with E-state index in [4.69, 9.17) is 21.3 Å². The summed E-state index contributed by atoms with van der Waals surface area (Å²) in [7, 11) is 0. The molecule has 1 N–H and O–H groups in total. The first-order valence-corrected chi connectivity index (χ1v) is 6.55. The summed E-state index contributed by atoms with van der Waals surface area (Å²) in [6.45, 7) is 0.557. The number of nitriles is 1. The molecule has 0 radical (unpaired) electrons. The molecule has 0 spiro atoms.